The molecule has 2 rings (SSSR count). The Hall–Kier alpha value is -2.14. The van der Waals surface area contributed by atoms with Gasteiger partial charge in [0.25, 0.3) is 5.91 Å². The zero-order valence-corrected chi connectivity index (χ0v) is 12.5. The zero-order valence-electron chi connectivity index (χ0n) is 12.5. The molecule has 0 saturated heterocycles. The first-order valence-electron chi connectivity index (χ1n) is 6.84. The van der Waals surface area contributed by atoms with Crippen molar-refractivity contribution in [2.24, 2.45) is 0 Å². The van der Waals surface area contributed by atoms with Gasteiger partial charge in [0.2, 0.25) is 5.76 Å². The molecule has 1 heterocycles. The fourth-order valence-corrected chi connectivity index (χ4v) is 2.09. The van der Waals surface area contributed by atoms with Crippen molar-refractivity contribution in [2.75, 3.05) is 6.54 Å². The normalized spacial score (nSPS) is 11.4. The topological polar surface area (TPSA) is 66.6 Å². The van der Waals surface area contributed by atoms with Crippen LogP contribution < -0.4 is 0 Å². The van der Waals surface area contributed by atoms with Crippen molar-refractivity contribution >= 4 is 5.91 Å². The van der Waals surface area contributed by atoms with Crippen LogP contribution in [-0.4, -0.2) is 33.2 Å². The van der Waals surface area contributed by atoms with Crippen LogP contribution in [0.25, 0.3) is 0 Å². The van der Waals surface area contributed by atoms with Gasteiger partial charge in [-0.05, 0) is 26.3 Å². The van der Waals surface area contributed by atoms with Gasteiger partial charge in [-0.1, -0.05) is 35.5 Å². The molecule has 21 heavy (non-hydrogen) atoms. The molecule has 0 aliphatic heterocycles. The molecule has 1 amide bonds. The van der Waals surface area contributed by atoms with E-state index in [4.69, 9.17) is 4.52 Å². The van der Waals surface area contributed by atoms with Crippen LogP contribution in [0.1, 0.15) is 35.7 Å². The number of aromatic nitrogens is 1. The average Bonchev–Trinajstić information content (AvgIpc) is 2.83. The summed E-state index contributed by atoms with van der Waals surface area (Å²) in [4.78, 5) is 14.1. The van der Waals surface area contributed by atoms with Crippen LogP contribution in [-0.2, 0) is 6.54 Å². The number of carbonyl (C=O) groups excluding carboxylic acids is 1. The van der Waals surface area contributed by atoms with Gasteiger partial charge < -0.3 is 14.5 Å². The third kappa shape index (κ3) is 4.43. The molecular formula is C16H20N2O3. The summed E-state index contributed by atoms with van der Waals surface area (Å²) in [6.45, 7) is 5.72. The Morgan fingerprint density at radius 1 is 1.33 bits per heavy atom. The van der Waals surface area contributed by atoms with Crippen LogP contribution in [0.2, 0.25) is 0 Å². The minimum absolute atomic E-state index is 0.188. The predicted octanol–water partition coefficient (Wildman–Crippen LogP) is 2.40. The Morgan fingerprint density at radius 3 is 2.52 bits per heavy atom. The lowest BCUT2D eigenvalue weighted by atomic mass is 10.1. The van der Waals surface area contributed by atoms with Crippen molar-refractivity contribution in [2.45, 2.75) is 32.9 Å². The maximum absolute atomic E-state index is 12.5. The number of rotatable bonds is 5. The van der Waals surface area contributed by atoms with E-state index >= 15 is 0 Å². The van der Waals surface area contributed by atoms with Crippen LogP contribution in [0.3, 0.4) is 0 Å². The van der Waals surface area contributed by atoms with E-state index in [9.17, 15) is 9.90 Å². The van der Waals surface area contributed by atoms with Crippen LogP contribution in [0, 0.1) is 6.92 Å². The van der Waals surface area contributed by atoms with E-state index in [2.05, 4.69) is 5.16 Å². The fraction of sp³-hybridized carbons (Fsp3) is 0.375. The zero-order chi connectivity index (χ0) is 15.5. The molecule has 0 aliphatic carbocycles. The van der Waals surface area contributed by atoms with Gasteiger partial charge in [-0.25, -0.2) is 0 Å². The highest BCUT2D eigenvalue weighted by Gasteiger charge is 2.26. The predicted molar refractivity (Wildman–Crippen MR) is 78.7 cm³/mol. The number of amides is 1. The Labute approximate surface area is 124 Å². The highest BCUT2D eigenvalue weighted by Crippen LogP contribution is 2.15. The molecule has 2 aromatic rings. The maximum Gasteiger partial charge on any atom is 0.292 e. The molecule has 0 bridgehead atoms. The van der Waals surface area contributed by atoms with Crippen molar-refractivity contribution < 1.29 is 14.4 Å². The summed E-state index contributed by atoms with van der Waals surface area (Å²) in [5.74, 6) is -0.0886. The number of hydrogen-bond donors (Lipinski definition) is 1. The van der Waals surface area contributed by atoms with Crippen molar-refractivity contribution in [3.8, 4) is 0 Å². The second-order valence-corrected chi connectivity index (χ2v) is 5.79. The van der Waals surface area contributed by atoms with Crippen molar-refractivity contribution in [3.63, 3.8) is 0 Å². The quantitative estimate of drug-likeness (QED) is 0.917. The summed E-state index contributed by atoms with van der Waals surface area (Å²) in [5, 5.41) is 13.8. The summed E-state index contributed by atoms with van der Waals surface area (Å²) in [5.41, 5.74) is 0.659. The molecule has 1 aromatic heterocycles. The molecule has 1 aromatic carbocycles. The molecule has 5 nitrogen and oxygen atoms in total. The van der Waals surface area contributed by atoms with Crippen LogP contribution in [0.5, 0.6) is 0 Å². The van der Waals surface area contributed by atoms with Gasteiger partial charge in [-0.3, -0.25) is 4.79 Å². The third-order valence-corrected chi connectivity index (χ3v) is 2.92. The van der Waals surface area contributed by atoms with E-state index in [1.54, 1.807) is 31.7 Å². The molecular weight excluding hydrogens is 268 g/mol. The van der Waals surface area contributed by atoms with Gasteiger partial charge in [0.1, 0.15) is 0 Å². The molecule has 0 aliphatic rings. The molecule has 0 fully saturated rings. The Kier molecular flexibility index (Phi) is 4.43. The molecule has 112 valence electrons. The summed E-state index contributed by atoms with van der Waals surface area (Å²) < 4.78 is 5.04. The standard InChI is InChI=1S/C16H20N2O3/c1-12-9-14(21-17-12)15(19)18(11-16(2,3)20)10-13-7-5-4-6-8-13/h4-9,20H,10-11H2,1-3H3. The first-order valence-corrected chi connectivity index (χ1v) is 6.84. The molecule has 1 N–H and O–H groups in total. The van der Waals surface area contributed by atoms with E-state index in [-0.39, 0.29) is 18.2 Å². The van der Waals surface area contributed by atoms with E-state index in [1.807, 2.05) is 30.3 Å². The number of carbonyl (C=O) groups is 1. The SMILES string of the molecule is Cc1cc(C(=O)N(Cc2ccccc2)CC(C)(C)O)on1. The van der Waals surface area contributed by atoms with Crippen LogP contribution in [0.15, 0.2) is 40.9 Å². The highest BCUT2D eigenvalue weighted by molar-refractivity contribution is 5.91. The fourth-order valence-electron chi connectivity index (χ4n) is 2.09. The monoisotopic (exact) mass is 288 g/mol. The highest BCUT2D eigenvalue weighted by atomic mass is 16.5. The van der Waals surface area contributed by atoms with E-state index in [0.717, 1.165) is 5.56 Å². The van der Waals surface area contributed by atoms with Gasteiger partial charge in [0.15, 0.2) is 0 Å². The minimum Gasteiger partial charge on any atom is -0.389 e. The van der Waals surface area contributed by atoms with Gasteiger partial charge in [0, 0.05) is 19.2 Å². The third-order valence-electron chi connectivity index (χ3n) is 2.92. The van der Waals surface area contributed by atoms with Gasteiger partial charge in [-0.15, -0.1) is 0 Å². The molecule has 0 radical (unpaired) electrons. The molecule has 0 spiro atoms. The summed E-state index contributed by atoms with van der Waals surface area (Å²) in [6.07, 6.45) is 0. The molecule has 0 saturated carbocycles. The number of aliphatic hydroxyl groups is 1. The lowest BCUT2D eigenvalue weighted by Crippen LogP contribution is -2.41. The lowest BCUT2D eigenvalue weighted by Gasteiger charge is -2.28. The molecule has 0 atom stereocenters. The second kappa shape index (κ2) is 6.10. The second-order valence-electron chi connectivity index (χ2n) is 5.79. The summed E-state index contributed by atoms with van der Waals surface area (Å²) >= 11 is 0. The average molecular weight is 288 g/mol. The number of aryl methyl sites for hydroxylation is 1. The van der Waals surface area contributed by atoms with Gasteiger partial charge >= 0.3 is 0 Å². The van der Waals surface area contributed by atoms with Gasteiger partial charge in [0.05, 0.1) is 11.3 Å². The first-order chi connectivity index (χ1) is 9.85. The Balaban J connectivity index is 2.21. The number of hydrogen-bond acceptors (Lipinski definition) is 4. The number of benzene rings is 1. The Bertz CT molecular complexity index is 599. The lowest BCUT2D eigenvalue weighted by molar-refractivity contribution is 0.0259. The first kappa shape index (κ1) is 15.3. The summed E-state index contributed by atoms with van der Waals surface area (Å²) in [6, 6.07) is 11.2. The van der Waals surface area contributed by atoms with Crippen molar-refractivity contribution in [1.29, 1.82) is 0 Å². The van der Waals surface area contributed by atoms with Crippen LogP contribution >= 0.6 is 0 Å². The van der Waals surface area contributed by atoms with Crippen LogP contribution in [0.4, 0.5) is 0 Å². The molecule has 5 heteroatoms. The van der Waals surface area contributed by atoms with Gasteiger partial charge in [-0.2, -0.15) is 0 Å². The minimum atomic E-state index is -0.987. The maximum atomic E-state index is 12.5. The summed E-state index contributed by atoms with van der Waals surface area (Å²) in [7, 11) is 0. The van der Waals surface area contributed by atoms with Crippen molar-refractivity contribution in [1.82, 2.24) is 10.1 Å². The van der Waals surface area contributed by atoms with E-state index < -0.39 is 5.60 Å². The van der Waals surface area contributed by atoms with Crippen molar-refractivity contribution in [3.05, 3.63) is 53.4 Å². The molecule has 0 unspecified atom stereocenters. The largest absolute Gasteiger partial charge is 0.389 e. The number of nitrogens with zero attached hydrogens (tertiary/aromatic N) is 2. The smallest absolute Gasteiger partial charge is 0.292 e. The Morgan fingerprint density at radius 2 is 2.00 bits per heavy atom. The van der Waals surface area contributed by atoms with E-state index in [0.29, 0.717) is 12.2 Å². The van der Waals surface area contributed by atoms with E-state index in [1.165, 1.54) is 0 Å².